The van der Waals surface area contributed by atoms with Crippen LogP contribution in [0.4, 0.5) is 5.69 Å². The fourth-order valence-electron chi connectivity index (χ4n) is 1.88. The number of nitrogens with one attached hydrogen (secondary N) is 2. The molecule has 5 nitrogen and oxygen atoms in total. The maximum Gasteiger partial charge on any atom is 0.307 e. The van der Waals surface area contributed by atoms with Gasteiger partial charge in [-0.2, -0.15) is 5.26 Å². The summed E-state index contributed by atoms with van der Waals surface area (Å²) in [5.41, 5.74) is 1.19. The minimum Gasteiger partial charge on any atom is -0.469 e. The van der Waals surface area contributed by atoms with Crippen LogP contribution in [0.15, 0.2) is 18.2 Å². The summed E-state index contributed by atoms with van der Waals surface area (Å²) in [5.74, 6) is -0.275. The van der Waals surface area contributed by atoms with Crippen LogP contribution in [0.25, 0.3) is 0 Å². The van der Waals surface area contributed by atoms with Gasteiger partial charge in [-0.25, -0.2) is 0 Å². The van der Waals surface area contributed by atoms with Gasteiger partial charge in [0, 0.05) is 24.3 Å². The van der Waals surface area contributed by atoms with E-state index in [0.29, 0.717) is 23.2 Å². The van der Waals surface area contributed by atoms with Gasteiger partial charge in [-0.1, -0.05) is 18.5 Å². The van der Waals surface area contributed by atoms with Gasteiger partial charge in [0.2, 0.25) is 0 Å². The van der Waals surface area contributed by atoms with Gasteiger partial charge in [0.15, 0.2) is 0 Å². The van der Waals surface area contributed by atoms with Crippen molar-refractivity contribution in [2.75, 3.05) is 19.0 Å². The van der Waals surface area contributed by atoms with Crippen molar-refractivity contribution in [3.05, 3.63) is 28.8 Å². The molecule has 0 amide bonds. The predicted molar refractivity (Wildman–Crippen MR) is 95.2 cm³/mol. The molecule has 2 atom stereocenters. The number of hydrogen-bond donors (Lipinski definition) is 2. The minimum atomic E-state index is -0.275. The molecule has 0 aromatic heterocycles. The van der Waals surface area contributed by atoms with Crippen molar-refractivity contribution in [3.63, 3.8) is 0 Å². The highest BCUT2D eigenvalue weighted by atomic mass is 35.5. The Bertz CT molecular complexity index is 547. The zero-order valence-corrected chi connectivity index (χ0v) is 15.1. The standard InChI is InChI=1S/C16H22ClN3O2.ClH/c1-4-11(2)19-10-14(8-16(21)22-3)20-13-6-5-12(9-18)15(17)7-13;/h5-7,11,14,19-20H,4,8,10H2,1-3H3;1H/t11?,14-;/m0./s1. The monoisotopic (exact) mass is 359 g/mol. The van der Waals surface area contributed by atoms with Gasteiger partial charge in [0.05, 0.1) is 24.1 Å². The van der Waals surface area contributed by atoms with E-state index in [0.717, 1.165) is 12.1 Å². The van der Waals surface area contributed by atoms with Gasteiger partial charge in [-0.15, -0.1) is 12.4 Å². The van der Waals surface area contributed by atoms with Crippen molar-refractivity contribution in [2.24, 2.45) is 0 Å². The number of carbonyl (C=O) groups excluding carboxylic acids is 1. The van der Waals surface area contributed by atoms with Crippen molar-refractivity contribution in [3.8, 4) is 6.07 Å². The topological polar surface area (TPSA) is 74.2 Å². The number of nitriles is 1. The molecule has 0 aliphatic heterocycles. The normalized spacial score (nSPS) is 12.5. The molecule has 128 valence electrons. The van der Waals surface area contributed by atoms with Crippen LogP contribution in [0.3, 0.4) is 0 Å². The number of ether oxygens (including phenoxy) is 1. The minimum absolute atomic E-state index is 0. The number of halogens is 2. The maximum atomic E-state index is 11.5. The molecule has 0 saturated carbocycles. The molecular formula is C16H23Cl2N3O2. The number of benzene rings is 1. The number of carbonyl (C=O) groups is 1. The molecule has 0 aliphatic carbocycles. The van der Waals surface area contributed by atoms with Crippen molar-refractivity contribution < 1.29 is 9.53 Å². The van der Waals surface area contributed by atoms with E-state index in [4.69, 9.17) is 21.6 Å². The fraction of sp³-hybridized carbons (Fsp3) is 0.500. The molecule has 0 radical (unpaired) electrons. The molecule has 1 aromatic carbocycles. The zero-order valence-electron chi connectivity index (χ0n) is 13.6. The predicted octanol–water partition coefficient (Wildman–Crippen LogP) is 3.37. The Morgan fingerprint density at radius 2 is 2.17 bits per heavy atom. The van der Waals surface area contributed by atoms with Gasteiger partial charge < -0.3 is 15.4 Å². The lowest BCUT2D eigenvalue weighted by Gasteiger charge is -2.22. The third kappa shape index (κ3) is 7.56. The molecule has 23 heavy (non-hydrogen) atoms. The number of methoxy groups -OCH3 is 1. The lowest BCUT2D eigenvalue weighted by molar-refractivity contribution is -0.140. The number of anilines is 1. The molecule has 1 unspecified atom stereocenters. The first-order valence-corrected chi connectivity index (χ1v) is 7.64. The van der Waals surface area contributed by atoms with Gasteiger partial charge in [0.1, 0.15) is 6.07 Å². The summed E-state index contributed by atoms with van der Waals surface area (Å²) >= 11 is 6.03. The van der Waals surface area contributed by atoms with E-state index in [1.807, 2.05) is 6.07 Å². The SMILES string of the molecule is CCC(C)NC[C@H](CC(=O)OC)Nc1ccc(C#N)c(Cl)c1.Cl. The first-order valence-electron chi connectivity index (χ1n) is 7.26. The van der Waals surface area contributed by atoms with Gasteiger partial charge >= 0.3 is 5.97 Å². The Labute approximate surface area is 148 Å². The number of rotatable bonds is 8. The fourth-order valence-corrected chi connectivity index (χ4v) is 2.10. The van der Waals surface area contributed by atoms with E-state index in [-0.39, 0.29) is 30.8 Å². The Morgan fingerprint density at radius 3 is 2.70 bits per heavy atom. The van der Waals surface area contributed by atoms with E-state index >= 15 is 0 Å². The third-order valence-electron chi connectivity index (χ3n) is 3.43. The first kappa shape index (κ1) is 21.5. The highest BCUT2D eigenvalue weighted by Gasteiger charge is 2.15. The average molecular weight is 360 g/mol. The highest BCUT2D eigenvalue weighted by molar-refractivity contribution is 6.32. The summed E-state index contributed by atoms with van der Waals surface area (Å²) in [5, 5.41) is 15.9. The Kier molecular flexibility index (Phi) is 10.4. The van der Waals surface area contributed by atoms with Crippen LogP contribution >= 0.6 is 24.0 Å². The average Bonchev–Trinajstić information content (AvgIpc) is 2.52. The first-order chi connectivity index (χ1) is 10.5. The van der Waals surface area contributed by atoms with Crippen molar-refractivity contribution in [1.82, 2.24) is 5.32 Å². The summed E-state index contributed by atoms with van der Waals surface area (Å²) in [6.45, 7) is 4.82. The number of nitrogens with zero attached hydrogens (tertiary/aromatic N) is 1. The van der Waals surface area contributed by atoms with Crippen LogP contribution in [0.1, 0.15) is 32.3 Å². The van der Waals surface area contributed by atoms with Crippen molar-refractivity contribution in [1.29, 1.82) is 5.26 Å². The Hall–Kier alpha value is -1.48. The second-order valence-electron chi connectivity index (χ2n) is 5.15. The molecule has 0 fully saturated rings. The third-order valence-corrected chi connectivity index (χ3v) is 3.74. The molecule has 0 heterocycles. The number of esters is 1. The Balaban J connectivity index is 0.00000484. The van der Waals surface area contributed by atoms with E-state index in [1.165, 1.54) is 7.11 Å². The van der Waals surface area contributed by atoms with Crippen LogP contribution in [-0.4, -0.2) is 31.7 Å². The lowest BCUT2D eigenvalue weighted by Crippen LogP contribution is -2.38. The van der Waals surface area contributed by atoms with Crippen LogP contribution in [-0.2, 0) is 9.53 Å². The van der Waals surface area contributed by atoms with Gasteiger partial charge in [0.25, 0.3) is 0 Å². The second-order valence-corrected chi connectivity index (χ2v) is 5.55. The largest absolute Gasteiger partial charge is 0.469 e. The van der Waals surface area contributed by atoms with Gasteiger partial charge in [-0.05, 0) is 31.5 Å². The molecule has 0 bridgehead atoms. The molecule has 7 heteroatoms. The van der Waals surface area contributed by atoms with E-state index < -0.39 is 0 Å². The summed E-state index contributed by atoms with van der Waals surface area (Å²) in [7, 11) is 1.38. The summed E-state index contributed by atoms with van der Waals surface area (Å²) in [6, 6.07) is 7.38. The summed E-state index contributed by atoms with van der Waals surface area (Å²) in [6.07, 6.45) is 1.26. The summed E-state index contributed by atoms with van der Waals surface area (Å²) in [4.78, 5) is 11.5. The van der Waals surface area contributed by atoms with E-state index in [9.17, 15) is 4.79 Å². The molecule has 0 saturated heterocycles. The molecule has 1 aromatic rings. The van der Waals surface area contributed by atoms with Crippen LogP contribution < -0.4 is 10.6 Å². The van der Waals surface area contributed by atoms with Crippen molar-refractivity contribution >= 4 is 35.7 Å². The lowest BCUT2D eigenvalue weighted by atomic mass is 10.1. The molecule has 0 spiro atoms. The summed E-state index contributed by atoms with van der Waals surface area (Å²) < 4.78 is 4.74. The second kappa shape index (κ2) is 11.1. The molecule has 1 rings (SSSR count). The van der Waals surface area contributed by atoms with Gasteiger partial charge in [-0.3, -0.25) is 4.79 Å². The number of hydrogen-bond acceptors (Lipinski definition) is 5. The maximum absolute atomic E-state index is 11.5. The van der Waals surface area contributed by atoms with Crippen LogP contribution in [0.2, 0.25) is 5.02 Å². The Morgan fingerprint density at radius 1 is 1.48 bits per heavy atom. The van der Waals surface area contributed by atoms with Crippen LogP contribution in [0, 0.1) is 11.3 Å². The van der Waals surface area contributed by atoms with E-state index in [1.54, 1.807) is 18.2 Å². The molecule has 2 N–H and O–H groups in total. The van der Waals surface area contributed by atoms with E-state index in [2.05, 4.69) is 24.5 Å². The van der Waals surface area contributed by atoms with Crippen LogP contribution in [0.5, 0.6) is 0 Å². The quantitative estimate of drug-likeness (QED) is 0.696. The zero-order chi connectivity index (χ0) is 16.5. The van der Waals surface area contributed by atoms with Crippen molar-refractivity contribution in [2.45, 2.75) is 38.8 Å². The smallest absolute Gasteiger partial charge is 0.307 e. The molecule has 0 aliphatic rings. The molecular weight excluding hydrogens is 337 g/mol. The highest BCUT2D eigenvalue weighted by Crippen LogP contribution is 2.21.